The number of allylic oxidation sites excluding steroid dienone is 5. The van der Waals surface area contributed by atoms with Gasteiger partial charge in [-0.15, -0.1) is 0 Å². The van der Waals surface area contributed by atoms with Crippen molar-refractivity contribution in [3.63, 3.8) is 0 Å². The molecule has 4 saturated carbocycles. The molecule has 13 nitrogen and oxygen atoms in total. The number of carbonyl (C=O) groups excluding carboxylic acids is 5. The highest BCUT2D eigenvalue weighted by atomic mass is 16.4. The molecule has 60 heavy (non-hydrogen) atoms. The smallest absolute Gasteiger partial charge is 0.315 e. The third-order valence-electron chi connectivity index (χ3n) is 13.6. The Hall–Kier alpha value is -5.46. The standard InChI is InChI=1S/C47H62N6O7/c1-7-10-39(54)46-29-45(30-46,31-46)37(8-2)27-51(32(4)5)22-19-48-43(58)38-28-52(40(55)9-3)23-24-53(38)42(57)26-49-33(6)47(44(59)60)17-20-50(21-18-47)41(56)25-34-11-13-35(14-12-34)36-15-16-36/h7-8,10-14,27,36,38,49H,2,4,6,9,15-26,28-31H2,1,3,5H3,(H,48,58)(H,59,60)/b10-7+,37-27+/t38-,45?,46?/m0/s1. The zero-order valence-corrected chi connectivity index (χ0v) is 35.6. The Labute approximate surface area is 354 Å². The molecule has 0 unspecified atom stereocenters. The molecule has 1 aromatic rings. The predicted molar refractivity (Wildman–Crippen MR) is 229 cm³/mol. The van der Waals surface area contributed by atoms with Crippen LogP contribution in [-0.4, -0.2) is 118 Å². The SMILES string of the molecule is C=C/C(=C\N(CCNC(=O)[C@@H]1CN(C(=O)CC)CCN1C(=O)CNC(=C)C1(C(=O)O)CCN(C(=O)Cc2ccc(C3CC3)cc2)CC1)C(=C)C)C12CC(C(=O)/C=C/C)(C1)C2. The van der Waals surface area contributed by atoms with Gasteiger partial charge in [-0.2, -0.15) is 0 Å². The van der Waals surface area contributed by atoms with Crippen LogP contribution < -0.4 is 10.6 Å². The summed E-state index contributed by atoms with van der Waals surface area (Å²) >= 11 is 0. The number of nitrogens with one attached hydrogen (secondary N) is 2. The summed E-state index contributed by atoms with van der Waals surface area (Å²) in [5, 5.41) is 16.4. The van der Waals surface area contributed by atoms with E-state index < -0.39 is 29.2 Å². The van der Waals surface area contributed by atoms with Crippen LogP contribution in [0.25, 0.3) is 0 Å². The van der Waals surface area contributed by atoms with Crippen molar-refractivity contribution < 1.29 is 33.9 Å². The second kappa shape index (κ2) is 18.0. The first-order chi connectivity index (χ1) is 28.6. The van der Waals surface area contributed by atoms with Crippen LogP contribution in [0.2, 0.25) is 0 Å². The van der Waals surface area contributed by atoms with Gasteiger partial charge >= 0.3 is 5.97 Å². The Morgan fingerprint density at radius 1 is 0.900 bits per heavy atom. The van der Waals surface area contributed by atoms with Crippen LogP contribution >= 0.6 is 0 Å². The van der Waals surface area contributed by atoms with E-state index >= 15 is 0 Å². The summed E-state index contributed by atoms with van der Waals surface area (Å²) in [7, 11) is 0. The molecule has 2 heterocycles. The van der Waals surface area contributed by atoms with Crippen molar-refractivity contribution in [2.75, 3.05) is 52.4 Å². The van der Waals surface area contributed by atoms with Crippen LogP contribution in [0.15, 0.2) is 85.4 Å². The fourth-order valence-corrected chi connectivity index (χ4v) is 9.64. The molecule has 13 heteroatoms. The van der Waals surface area contributed by atoms with Crippen molar-refractivity contribution in [2.45, 2.75) is 90.5 Å². The van der Waals surface area contributed by atoms with Gasteiger partial charge in [-0.1, -0.05) is 63.1 Å². The van der Waals surface area contributed by atoms with Crippen molar-refractivity contribution in [1.29, 1.82) is 0 Å². The molecule has 0 aromatic heterocycles. The lowest BCUT2D eigenvalue weighted by Crippen LogP contribution is -2.65. The Morgan fingerprint density at radius 2 is 1.57 bits per heavy atom. The average molecular weight is 823 g/mol. The summed E-state index contributed by atoms with van der Waals surface area (Å²) in [5.74, 6) is -1.28. The van der Waals surface area contributed by atoms with Crippen LogP contribution in [0.5, 0.6) is 0 Å². The lowest BCUT2D eigenvalue weighted by atomic mass is 9.32. The van der Waals surface area contributed by atoms with E-state index in [0.29, 0.717) is 12.5 Å². The van der Waals surface area contributed by atoms with Crippen LogP contribution in [0.1, 0.15) is 89.2 Å². The van der Waals surface area contributed by atoms with Gasteiger partial charge in [-0.05, 0) is 92.9 Å². The summed E-state index contributed by atoms with van der Waals surface area (Å²) in [4.78, 5) is 85.7. The third kappa shape index (κ3) is 9.00. The molecule has 4 aliphatic carbocycles. The summed E-state index contributed by atoms with van der Waals surface area (Å²) in [5.41, 5.74) is 2.46. The van der Waals surface area contributed by atoms with Crippen molar-refractivity contribution in [2.24, 2.45) is 16.2 Å². The van der Waals surface area contributed by atoms with Gasteiger partial charge in [0.2, 0.25) is 23.6 Å². The molecule has 2 aliphatic heterocycles. The molecule has 3 N–H and O–H groups in total. The molecule has 6 fully saturated rings. The largest absolute Gasteiger partial charge is 0.481 e. The number of piperidine rings is 1. The quantitative estimate of drug-likeness (QED) is 0.133. The van der Waals surface area contributed by atoms with E-state index in [1.807, 2.05) is 43.2 Å². The first kappa shape index (κ1) is 44.1. The average Bonchev–Trinajstić information content (AvgIpc) is 4.06. The fourth-order valence-electron chi connectivity index (χ4n) is 9.64. The molecule has 6 aliphatic rings. The first-order valence-electron chi connectivity index (χ1n) is 21.4. The van der Waals surface area contributed by atoms with Gasteiger partial charge in [0.1, 0.15) is 11.5 Å². The van der Waals surface area contributed by atoms with Gasteiger partial charge in [-0.25, -0.2) is 0 Å². The van der Waals surface area contributed by atoms with Gasteiger partial charge in [0.25, 0.3) is 0 Å². The highest BCUT2D eigenvalue weighted by Crippen LogP contribution is 2.76. The molecule has 0 spiro atoms. The third-order valence-corrected chi connectivity index (χ3v) is 13.6. The number of ketones is 1. The molecule has 1 atom stereocenters. The van der Waals surface area contributed by atoms with E-state index in [2.05, 4.69) is 42.5 Å². The summed E-state index contributed by atoms with van der Waals surface area (Å²) in [6, 6.07) is 7.20. The zero-order chi connectivity index (χ0) is 43.4. The summed E-state index contributed by atoms with van der Waals surface area (Å²) in [6.07, 6.45) is 12.8. The molecule has 2 bridgehead atoms. The number of carboxylic acids is 1. The number of nitrogens with zero attached hydrogens (tertiary/aromatic N) is 4. The van der Waals surface area contributed by atoms with Crippen molar-refractivity contribution >= 4 is 35.4 Å². The topological polar surface area (TPSA) is 160 Å². The maximum absolute atomic E-state index is 13.8. The number of rotatable bonds is 19. The number of likely N-dealkylation sites (tertiary alicyclic amines) is 1. The van der Waals surface area contributed by atoms with Gasteiger partial charge in [0, 0.05) is 68.7 Å². The number of amides is 4. The molecular formula is C47H62N6O7. The van der Waals surface area contributed by atoms with Gasteiger partial charge in [-0.3, -0.25) is 28.8 Å². The van der Waals surface area contributed by atoms with E-state index in [1.54, 1.807) is 28.9 Å². The molecule has 1 aromatic carbocycles. The Balaban J connectivity index is 1.03. The van der Waals surface area contributed by atoms with Crippen molar-refractivity contribution in [3.05, 3.63) is 96.5 Å². The minimum absolute atomic E-state index is 0.0275. The lowest BCUT2D eigenvalue weighted by molar-refractivity contribution is -0.183. The highest BCUT2D eigenvalue weighted by molar-refractivity contribution is 5.98. The van der Waals surface area contributed by atoms with Gasteiger partial charge in [0.05, 0.1) is 19.5 Å². The lowest BCUT2D eigenvalue weighted by Gasteiger charge is -2.70. The predicted octanol–water partition coefficient (Wildman–Crippen LogP) is 4.69. The maximum Gasteiger partial charge on any atom is 0.315 e. The van der Waals surface area contributed by atoms with Crippen LogP contribution in [-0.2, 0) is 35.2 Å². The second-order valence-corrected chi connectivity index (χ2v) is 17.6. The monoisotopic (exact) mass is 822 g/mol. The number of aliphatic carboxylic acids is 1. The van der Waals surface area contributed by atoms with Gasteiger partial charge < -0.3 is 35.3 Å². The molecule has 2 saturated heterocycles. The minimum atomic E-state index is -1.38. The minimum Gasteiger partial charge on any atom is -0.481 e. The number of piperazine rings is 1. The van der Waals surface area contributed by atoms with E-state index in [0.717, 1.165) is 36.1 Å². The van der Waals surface area contributed by atoms with Gasteiger partial charge in [0.15, 0.2) is 5.78 Å². The van der Waals surface area contributed by atoms with Crippen LogP contribution in [0.4, 0.5) is 0 Å². The van der Waals surface area contributed by atoms with E-state index in [1.165, 1.54) is 23.3 Å². The summed E-state index contributed by atoms with van der Waals surface area (Å²) in [6.45, 7) is 18.9. The van der Waals surface area contributed by atoms with E-state index in [4.69, 9.17) is 0 Å². The molecule has 0 radical (unpaired) electrons. The number of hydrogen-bond donors (Lipinski definition) is 3. The second-order valence-electron chi connectivity index (χ2n) is 17.6. The molecule has 4 amide bonds. The molecule has 322 valence electrons. The summed E-state index contributed by atoms with van der Waals surface area (Å²) < 4.78 is 0. The maximum atomic E-state index is 13.8. The van der Waals surface area contributed by atoms with E-state index in [-0.39, 0.29) is 106 Å². The number of carboxylic acid groups (broad SMARTS) is 1. The fraction of sp³-hybridized carbons (Fsp3) is 0.532. The normalized spacial score (nSPS) is 24.4. The van der Waals surface area contributed by atoms with Crippen LogP contribution in [0.3, 0.4) is 0 Å². The Morgan fingerprint density at radius 3 is 2.13 bits per heavy atom. The highest BCUT2D eigenvalue weighted by Gasteiger charge is 2.71. The van der Waals surface area contributed by atoms with Crippen molar-refractivity contribution in [3.8, 4) is 0 Å². The molecule has 7 rings (SSSR count). The molecular weight excluding hydrogens is 761 g/mol. The number of carbonyl (C=O) groups is 6. The number of benzene rings is 1. The van der Waals surface area contributed by atoms with E-state index in [9.17, 15) is 33.9 Å². The zero-order valence-electron chi connectivity index (χ0n) is 35.6. The number of hydrogen-bond acceptors (Lipinski definition) is 8. The first-order valence-corrected chi connectivity index (χ1v) is 21.4. The Bertz CT molecular complexity index is 1950. The van der Waals surface area contributed by atoms with Crippen molar-refractivity contribution in [1.82, 2.24) is 30.2 Å². The van der Waals surface area contributed by atoms with Crippen LogP contribution in [0, 0.1) is 16.2 Å². The Kier molecular flexibility index (Phi) is 13.3.